The zero-order valence-corrected chi connectivity index (χ0v) is 5.99. The van der Waals surface area contributed by atoms with Gasteiger partial charge in [0, 0.05) is 12.4 Å². The van der Waals surface area contributed by atoms with Crippen LogP contribution in [-0.2, 0) is 9.59 Å². The molecule has 0 aromatic heterocycles. The Morgan fingerprint density at radius 1 is 1.45 bits per heavy atom. The molecule has 5 nitrogen and oxygen atoms in total. The highest BCUT2D eigenvalue weighted by Gasteiger charge is 2.26. The van der Waals surface area contributed by atoms with E-state index < -0.39 is 24.0 Å². The summed E-state index contributed by atoms with van der Waals surface area (Å²) in [6, 6.07) is 0. The maximum absolute atomic E-state index is 10.1. The molecule has 0 aromatic rings. The van der Waals surface area contributed by atoms with E-state index in [1.807, 2.05) is 0 Å². The van der Waals surface area contributed by atoms with Gasteiger partial charge in [0.15, 0.2) is 0 Å². The van der Waals surface area contributed by atoms with E-state index in [0.717, 1.165) is 0 Å². The molecule has 0 spiro atoms. The highest BCUT2D eigenvalue weighted by Crippen LogP contribution is 2.12. The first-order valence-corrected chi connectivity index (χ1v) is 3.06. The molecular formula is C6H8O5-2. The summed E-state index contributed by atoms with van der Waals surface area (Å²) in [5, 5.41) is 29.0. The van der Waals surface area contributed by atoms with Gasteiger partial charge in [-0.1, -0.05) is 6.92 Å². The lowest BCUT2D eigenvalue weighted by Crippen LogP contribution is -2.51. The fourth-order valence-corrected chi connectivity index (χ4v) is 0.580. The lowest BCUT2D eigenvalue weighted by atomic mass is 9.97. The highest BCUT2D eigenvalue weighted by atomic mass is 16.4. The Labute approximate surface area is 63.3 Å². The lowest BCUT2D eigenvalue weighted by molar-refractivity contribution is -0.333. The van der Waals surface area contributed by atoms with Crippen molar-refractivity contribution in [3.8, 4) is 0 Å². The van der Waals surface area contributed by atoms with Gasteiger partial charge in [-0.3, -0.25) is 0 Å². The third kappa shape index (κ3) is 2.55. The van der Waals surface area contributed by atoms with Crippen LogP contribution < -0.4 is 10.2 Å². The number of aliphatic hydroxyl groups is 1. The average Bonchev–Trinajstić information content (AvgIpc) is 1.86. The molecule has 0 radical (unpaired) electrons. The topological polar surface area (TPSA) is 100 Å². The molecule has 0 aromatic carbocycles. The van der Waals surface area contributed by atoms with Crippen molar-refractivity contribution in [3.63, 3.8) is 0 Å². The van der Waals surface area contributed by atoms with Crippen LogP contribution in [0.15, 0.2) is 0 Å². The Hall–Kier alpha value is -1.10. The van der Waals surface area contributed by atoms with Crippen LogP contribution in [0.2, 0.25) is 0 Å². The summed E-state index contributed by atoms with van der Waals surface area (Å²) in [5.41, 5.74) is -2.29. The Bertz CT molecular complexity index is 176. The van der Waals surface area contributed by atoms with Gasteiger partial charge in [0.1, 0.15) is 5.60 Å². The van der Waals surface area contributed by atoms with Gasteiger partial charge in [-0.2, -0.15) is 0 Å². The van der Waals surface area contributed by atoms with Gasteiger partial charge in [0.25, 0.3) is 0 Å². The summed E-state index contributed by atoms with van der Waals surface area (Å²) in [4.78, 5) is 20.1. The molecule has 0 amide bonds. The minimum Gasteiger partial charge on any atom is -0.550 e. The maximum Gasteiger partial charge on any atom is 0.109 e. The van der Waals surface area contributed by atoms with Gasteiger partial charge in [0.05, 0.1) is 5.97 Å². The number of aliphatic carboxylic acids is 2. The van der Waals surface area contributed by atoms with Crippen LogP contribution in [0.5, 0.6) is 0 Å². The Morgan fingerprint density at radius 2 is 1.91 bits per heavy atom. The molecule has 0 aliphatic heterocycles. The van der Waals surface area contributed by atoms with Crippen LogP contribution in [0.3, 0.4) is 0 Å². The molecule has 11 heavy (non-hydrogen) atoms. The third-order valence-corrected chi connectivity index (χ3v) is 1.40. The summed E-state index contributed by atoms with van der Waals surface area (Å²) >= 11 is 0. The molecule has 0 bridgehead atoms. The van der Waals surface area contributed by atoms with Gasteiger partial charge in [-0.25, -0.2) is 0 Å². The summed E-state index contributed by atoms with van der Waals surface area (Å²) in [7, 11) is 0. The largest absolute Gasteiger partial charge is 0.550 e. The molecule has 5 heteroatoms. The van der Waals surface area contributed by atoms with Crippen molar-refractivity contribution in [2.45, 2.75) is 25.4 Å². The van der Waals surface area contributed by atoms with Crippen molar-refractivity contribution in [2.24, 2.45) is 0 Å². The van der Waals surface area contributed by atoms with Crippen LogP contribution in [0.1, 0.15) is 19.8 Å². The maximum atomic E-state index is 10.1. The van der Waals surface area contributed by atoms with Crippen molar-refractivity contribution in [1.29, 1.82) is 0 Å². The highest BCUT2D eigenvalue weighted by molar-refractivity contribution is 5.81. The van der Waals surface area contributed by atoms with Gasteiger partial charge in [0.2, 0.25) is 0 Å². The number of carbonyl (C=O) groups is 2. The molecule has 1 atom stereocenters. The van der Waals surface area contributed by atoms with Crippen LogP contribution in [0, 0.1) is 0 Å². The van der Waals surface area contributed by atoms with Crippen LogP contribution >= 0.6 is 0 Å². The van der Waals surface area contributed by atoms with Crippen molar-refractivity contribution in [2.75, 3.05) is 0 Å². The smallest absolute Gasteiger partial charge is 0.109 e. The first-order valence-electron chi connectivity index (χ1n) is 3.06. The van der Waals surface area contributed by atoms with E-state index in [9.17, 15) is 19.8 Å². The summed E-state index contributed by atoms with van der Waals surface area (Å²) in [5.74, 6) is -3.40. The van der Waals surface area contributed by atoms with Gasteiger partial charge >= 0.3 is 0 Å². The van der Waals surface area contributed by atoms with Crippen molar-refractivity contribution in [1.82, 2.24) is 0 Å². The minimum absolute atomic E-state index is 0.219. The van der Waals surface area contributed by atoms with E-state index in [-0.39, 0.29) is 6.42 Å². The molecule has 0 saturated carbocycles. The zero-order chi connectivity index (χ0) is 9.07. The summed E-state index contributed by atoms with van der Waals surface area (Å²) in [6.45, 7) is 1.35. The Kier molecular flexibility index (Phi) is 3.00. The molecule has 1 N–H and O–H groups in total. The third-order valence-electron chi connectivity index (χ3n) is 1.40. The SMILES string of the molecule is CC[C@@](O)(CC(=O)[O-])C(=O)[O-]. The monoisotopic (exact) mass is 160 g/mol. The summed E-state index contributed by atoms with van der Waals surface area (Å²) < 4.78 is 0. The second kappa shape index (κ2) is 3.34. The predicted octanol–water partition coefficient (Wildman–Crippen LogP) is -2.98. The molecule has 0 fully saturated rings. The van der Waals surface area contributed by atoms with Crippen LogP contribution in [0.25, 0.3) is 0 Å². The molecule has 0 aliphatic carbocycles. The van der Waals surface area contributed by atoms with E-state index >= 15 is 0 Å². The quantitative estimate of drug-likeness (QED) is 0.472. The first kappa shape index (κ1) is 9.90. The molecule has 0 rings (SSSR count). The minimum atomic E-state index is -2.29. The first-order chi connectivity index (χ1) is 4.92. The van der Waals surface area contributed by atoms with E-state index in [1.54, 1.807) is 0 Å². The molecular weight excluding hydrogens is 152 g/mol. The summed E-state index contributed by atoms with van der Waals surface area (Å²) in [6.07, 6.45) is -1.16. The van der Waals surface area contributed by atoms with E-state index in [1.165, 1.54) is 6.92 Å². The predicted molar refractivity (Wildman–Crippen MR) is 29.9 cm³/mol. The fourth-order valence-electron chi connectivity index (χ4n) is 0.580. The second-order valence-electron chi connectivity index (χ2n) is 2.22. The number of hydrogen-bond acceptors (Lipinski definition) is 5. The zero-order valence-electron chi connectivity index (χ0n) is 5.99. The Morgan fingerprint density at radius 3 is 2.00 bits per heavy atom. The number of carbonyl (C=O) groups excluding carboxylic acids is 2. The number of carboxylic acid groups (broad SMARTS) is 2. The number of rotatable bonds is 4. The standard InChI is InChI=1S/C6H10O5/c1-2-6(11,5(9)10)3-4(7)8/h11H,2-3H2,1H3,(H,7,8)(H,9,10)/p-2/t6-/m1/s1. The van der Waals surface area contributed by atoms with Gasteiger partial charge in [-0.15, -0.1) is 0 Å². The van der Waals surface area contributed by atoms with Crippen LogP contribution in [-0.4, -0.2) is 22.6 Å². The number of carboxylic acids is 2. The molecule has 0 heterocycles. The average molecular weight is 160 g/mol. The van der Waals surface area contributed by atoms with E-state index in [0.29, 0.717) is 0 Å². The number of hydrogen-bond donors (Lipinski definition) is 1. The van der Waals surface area contributed by atoms with E-state index in [2.05, 4.69) is 0 Å². The van der Waals surface area contributed by atoms with Crippen molar-refractivity contribution in [3.05, 3.63) is 0 Å². The fraction of sp³-hybridized carbons (Fsp3) is 0.667. The van der Waals surface area contributed by atoms with E-state index in [4.69, 9.17) is 5.11 Å². The molecule has 0 aliphatic rings. The van der Waals surface area contributed by atoms with Crippen molar-refractivity contribution < 1.29 is 24.9 Å². The normalized spacial score (nSPS) is 15.5. The molecule has 64 valence electrons. The second-order valence-corrected chi connectivity index (χ2v) is 2.22. The molecule has 0 saturated heterocycles. The lowest BCUT2D eigenvalue weighted by Gasteiger charge is -2.27. The Balaban J connectivity index is 4.34. The van der Waals surface area contributed by atoms with Gasteiger partial charge in [-0.05, 0) is 6.42 Å². The van der Waals surface area contributed by atoms with Crippen molar-refractivity contribution >= 4 is 11.9 Å². The van der Waals surface area contributed by atoms with Gasteiger partial charge < -0.3 is 24.9 Å². The molecule has 0 unspecified atom stereocenters. The van der Waals surface area contributed by atoms with Crippen LogP contribution in [0.4, 0.5) is 0 Å².